The van der Waals surface area contributed by atoms with Crippen LogP contribution >= 0.6 is 11.3 Å². The molecule has 0 aliphatic carbocycles. The number of imidazole rings is 1. The van der Waals surface area contributed by atoms with E-state index in [2.05, 4.69) is 15.3 Å². The summed E-state index contributed by atoms with van der Waals surface area (Å²) in [5.74, 6) is 0. The van der Waals surface area contributed by atoms with E-state index >= 15 is 0 Å². The summed E-state index contributed by atoms with van der Waals surface area (Å²) >= 11 is 1.66. The van der Waals surface area contributed by atoms with Crippen LogP contribution in [0.1, 0.15) is 39.9 Å². The molecule has 3 heterocycles. The molecule has 0 spiro atoms. The molecule has 0 saturated carbocycles. The fraction of sp³-hybridized carbons (Fsp3) is 0.389. The Morgan fingerprint density at radius 3 is 2.72 bits per heavy atom. The highest BCUT2D eigenvalue weighted by Crippen LogP contribution is 2.25. The van der Waals surface area contributed by atoms with Gasteiger partial charge < -0.3 is 14.6 Å². The normalized spacial score (nSPS) is 12.4. The standard InChI is InChI=1S/C18H23N5OS/c1-11-7-6-8-16-21-15(10-23(11)16)9-19-18(24)22(5)12(2)17-13(3)25-14(4)20-17/h6-8,10,12H,9H2,1-5H3,(H,19,24)/t12-/m1/s1. The van der Waals surface area contributed by atoms with Crippen molar-refractivity contribution in [1.29, 1.82) is 0 Å². The first-order valence-electron chi connectivity index (χ1n) is 8.25. The number of aryl methyl sites for hydroxylation is 3. The maximum atomic E-state index is 12.5. The molecule has 0 aromatic carbocycles. The molecular weight excluding hydrogens is 334 g/mol. The Balaban J connectivity index is 1.66. The van der Waals surface area contributed by atoms with Crippen LogP contribution in [0.25, 0.3) is 5.65 Å². The van der Waals surface area contributed by atoms with Crippen molar-refractivity contribution in [2.45, 2.75) is 40.3 Å². The Kier molecular flexibility index (Phi) is 4.76. The van der Waals surface area contributed by atoms with E-state index in [0.717, 1.165) is 32.6 Å². The lowest BCUT2D eigenvalue weighted by Crippen LogP contribution is -2.38. The maximum absolute atomic E-state index is 12.5. The van der Waals surface area contributed by atoms with Crippen molar-refractivity contribution in [3.8, 4) is 0 Å². The number of nitrogens with one attached hydrogen (secondary N) is 1. The van der Waals surface area contributed by atoms with Crippen molar-refractivity contribution >= 4 is 23.0 Å². The van der Waals surface area contributed by atoms with Gasteiger partial charge in [0.15, 0.2) is 0 Å². The summed E-state index contributed by atoms with van der Waals surface area (Å²) in [6.07, 6.45) is 1.96. The molecule has 0 radical (unpaired) electrons. The molecule has 0 fully saturated rings. The van der Waals surface area contributed by atoms with Gasteiger partial charge in [0.25, 0.3) is 0 Å². The summed E-state index contributed by atoms with van der Waals surface area (Å²) < 4.78 is 2.02. The zero-order valence-corrected chi connectivity index (χ0v) is 16.0. The summed E-state index contributed by atoms with van der Waals surface area (Å²) in [5.41, 5.74) is 3.80. The van der Waals surface area contributed by atoms with Gasteiger partial charge in [-0.25, -0.2) is 14.8 Å². The molecular formula is C18H23N5OS. The second kappa shape index (κ2) is 6.84. The lowest BCUT2D eigenvalue weighted by Gasteiger charge is -2.24. The summed E-state index contributed by atoms with van der Waals surface area (Å²) in [6.45, 7) is 8.45. The maximum Gasteiger partial charge on any atom is 0.318 e. The quantitative estimate of drug-likeness (QED) is 0.776. The average Bonchev–Trinajstić information content (AvgIpc) is 3.14. The van der Waals surface area contributed by atoms with Gasteiger partial charge in [-0.05, 0) is 39.8 Å². The highest BCUT2D eigenvalue weighted by atomic mass is 32.1. The van der Waals surface area contributed by atoms with Crippen LogP contribution < -0.4 is 5.32 Å². The first-order chi connectivity index (χ1) is 11.9. The molecule has 2 amide bonds. The average molecular weight is 357 g/mol. The molecule has 132 valence electrons. The fourth-order valence-corrected chi connectivity index (χ4v) is 3.77. The van der Waals surface area contributed by atoms with Gasteiger partial charge in [0, 0.05) is 23.8 Å². The second-order valence-electron chi connectivity index (χ2n) is 6.25. The summed E-state index contributed by atoms with van der Waals surface area (Å²) in [4.78, 5) is 24.4. The molecule has 0 saturated heterocycles. The van der Waals surface area contributed by atoms with E-state index in [1.165, 1.54) is 0 Å². The minimum atomic E-state index is -0.133. The van der Waals surface area contributed by atoms with Crippen LogP contribution in [0.15, 0.2) is 24.4 Å². The number of carbonyl (C=O) groups is 1. The van der Waals surface area contributed by atoms with Crippen LogP contribution in [-0.4, -0.2) is 32.3 Å². The van der Waals surface area contributed by atoms with Crippen molar-refractivity contribution in [1.82, 2.24) is 24.6 Å². The fourth-order valence-electron chi connectivity index (χ4n) is 2.87. The third-order valence-electron chi connectivity index (χ3n) is 4.40. The van der Waals surface area contributed by atoms with Gasteiger partial charge >= 0.3 is 6.03 Å². The van der Waals surface area contributed by atoms with Gasteiger partial charge in [0.2, 0.25) is 0 Å². The van der Waals surface area contributed by atoms with Crippen LogP contribution in [-0.2, 0) is 6.54 Å². The molecule has 0 aliphatic rings. The number of rotatable bonds is 4. The molecule has 25 heavy (non-hydrogen) atoms. The van der Waals surface area contributed by atoms with E-state index < -0.39 is 0 Å². The second-order valence-corrected chi connectivity index (χ2v) is 7.65. The zero-order valence-electron chi connectivity index (χ0n) is 15.2. The molecule has 3 aromatic heterocycles. The number of urea groups is 1. The highest BCUT2D eigenvalue weighted by molar-refractivity contribution is 7.11. The van der Waals surface area contributed by atoms with E-state index in [1.807, 2.05) is 56.5 Å². The van der Waals surface area contributed by atoms with Crippen LogP contribution in [0.4, 0.5) is 4.79 Å². The predicted molar refractivity (Wildman–Crippen MR) is 99.9 cm³/mol. The number of amides is 2. The summed E-state index contributed by atoms with van der Waals surface area (Å²) in [7, 11) is 1.79. The Morgan fingerprint density at radius 1 is 1.32 bits per heavy atom. The number of pyridine rings is 1. The molecule has 3 aromatic rings. The van der Waals surface area contributed by atoms with Crippen LogP contribution in [0.2, 0.25) is 0 Å². The van der Waals surface area contributed by atoms with Crippen molar-refractivity contribution in [2.75, 3.05) is 7.05 Å². The molecule has 1 N–H and O–H groups in total. The number of aromatic nitrogens is 3. The molecule has 3 rings (SSSR count). The van der Waals surface area contributed by atoms with Crippen LogP contribution in [0.5, 0.6) is 0 Å². The third kappa shape index (κ3) is 3.51. The van der Waals surface area contributed by atoms with E-state index in [-0.39, 0.29) is 12.1 Å². The number of thiazole rings is 1. The predicted octanol–water partition coefficient (Wildman–Crippen LogP) is 3.62. The highest BCUT2D eigenvalue weighted by Gasteiger charge is 2.21. The number of nitrogens with zero attached hydrogens (tertiary/aromatic N) is 4. The lowest BCUT2D eigenvalue weighted by molar-refractivity contribution is 0.193. The molecule has 7 heteroatoms. The number of hydrogen-bond donors (Lipinski definition) is 1. The number of fused-ring (bicyclic) bond motifs is 1. The minimum Gasteiger partial charge on any atom is -0.332 e. The van der Waals surface area contributed by atoms with E-state index in [0.29, 0.717) is 6.54 Å². The summed E-state index contributed by atoms with van der Waals surface area (Å²) in [5, 5.41) is 3.96. The smallest absolute Gasteiger partial charge is 0.318 e. The molecule has 0 aliphatic heterocycles. The Bertz CT molecular complexity index is 913. The monoisotopic (exact) mass is 357 g/mol. The van der Waals surface area contributed by atoms with Crippen molar-refractivity contribution < 1.29 is 4.79 Å². The first-order valence-corrected chi connectivity index (χ1v) is 9.06. The summed E-state index contributed by atoms with van der Waals surface area (Å²) in [6, 6.07) is 5.76. The van der Waals surface area contributed by atoms with Crippen LogP contribution in [0.3, 0.4) is 0 Å². The van der Waals surface area contributed by atoms with Gasteiger partial charge in [-0.1, -0.05) is 6.07 Å². The Hall–Kier alpha value is -2.41. The Labute approximate surface area is 151 Å². The first kappa shape index (κ1) is 17.4. The van der Waals surface area contributed by atoms with E-state index in [1.54, 1.807) is 23.3 Å². The third-order valence-corrected chi connectivity index (χ3v) is 5.30. The zero-order chi connectivity index (χ0) is 18.1. The lowest BCUT2D eigenvalue weighted by atomic mass is 10.2. The van der Waals surface area contributed by atoms with Crippen LogP contribution in [0, 0.1) is 20.8 Å². The van der Waals surface area contributed by atoms with Crippen molar-refractivity contribution in [2.24, 2.45) is 0 Å². The minimum absolute atomic E-state index is 0.0757. The molecule has 6 nitrogen and oxygen atoms in total. The van der Waals surface area contributed by atoms with Gasteiger partial charge in [0.05, 0.1) is 29.0 Å². The molecule has 0 unspecified atom stereocenters. The number of hydrogen-bond acceptors (Lipinski definition) is 4. The van der Waals surface area contributed by atoms with Gasteiger partial charge in [-0.3, -0.25) is 0 Å². The van der Waals surface area contributed by atoms with Gasteiger partial charge in [-0.2, -0.15) is 0 Å². The SMILES string of the molecule is Cc1nc([C@@H](C)N(C)C(=O)NCc2cn3c(C)cccc3n2)c(C)s1. The number of carbonyl (C=O) groups excluding carboxylic acids is 1. The van der Waals surface area contributed by atoms with Gasteiger partial charge in [0.1, 0.15) is 5.65 Å². The molecule has 0 bridgehead atoms. The van der Waals surface area contributed by atoms with E-state index in [4.69, 9.17) is 0 Å². The van der Waals surface area contributed by atoms with Crippen molar-refractivity contribution in [3.05, 3.63) is 51.4 Å². The van der Waals surface area contributed by atoms with Crippen molar-refractivity contribution in [3.63, 3.8) is 0 Å². The Morgan fingerprint density at radius 2 is 2.08 bits per heavy atom. The van der Waals surface area contributed by atoms with Gasteiger partial charge in [-0.15, -0.1) is 11.3 Å². The largest absolute Gasteiger partial charge is 0.332 e. The van der Waals surface area contributed by atoms with E-state index in [9.17, 15) is 4.79 Å². The topological polar surface area (TPSA) is 62.5 Å². The molecule has 1 atom stereocenters.